The molecule has 0 fully saturated rings. The van der Waals surface area contributed by atoms with Gasteiger partial charge in [-0.2, -0.15) is 10.1 Å². The molecule has 3 heterocycles. The van der Waals surface area contributed by atoms with E-state index in [2.05, 4.69) is 20.3 Å². The lowest BCUT2D eigenvalue weighted by Gasteiger charge is -2.07. The molecule has 0 unspecified atom stereocenters. The van der Waals surface area contributed by atoms with Crippen LogP contribution in [0.4, 0.5) is 4.39 Å². The van der Waals surface area contributed by atoms with E-state index in [4.69, 9.17) is 9.72 Å². The summed E-state index contributed by atoms with van der Waals surface area (Å²) >= 11 is 0. The topological polar surface area (TPSA) is 83.0 Å². The number of halogens is 1. The summed E-state index contributed by atoms with van der Waals surface area (Å²) in [7, 11) is 1.80. The van der Waals surface area contributed by atoms with Gasteiger partial charge in [0.25, 0.3) is 0 Å². The van der Waals surface area contributed by atoms with Gasteiger partial charge >= 0.3 is 0 Å². The van der Waals surface area contributed by atoms with Gasteiger partial charge < -0.3 is 4.74 Å². The van der Waals surface area contributed by atoms with Crippen LogP contribution in [-0.2, 0) is 13.7 Å². The second-order valence-corrected chi connectivity index (χ2v) is 6.60. The molecule has 0 aliphatic heterocycles. The smallest absolute Gasteiger partial charge is 0.241 e. The number of ether oxygens (including phenoxy) is 1. The van der Waals surface area contributed by atoms with Gasteiger partial charge in [0.15, 0.2) is 11.5 Å². The highest BCUT2D eigenvalue weighted by molar-refractivity contribution is 5.79. The van der Waals surface area contributed by atoms with Crippen molar-refractivity contribution in [1.29, 1.82) is 0 Å². The number of imidazole rings is 1. The second kappa shape index (κ2) is 7.36. The molecule has 0 spiro atoms. The fraction of sp³-hybridized carbons (Fsp3) is 0.0952. The average molecular weight is 401 g/mol. The van der Waals surface area contributed by atoms with E-state index in [1.54, 1.807) is 30.2 Å². The fourth-order valence-corrected chi connectivity index (χ4v) is 3.21. The highest BCUT2D eigenvalue weighted by atomic mass is 19.1. The lowest BCUT2D eigenvalue weighted by Crippen LogP contribution is -2.05. The van der Waals surface area contributed by atoms with Crippen molar-refractivity contribution < 1.29 is 9.13 Å². The number of fused-ring (bicyclic) bond motifs is 1. The third-order valence-corrected chi connectivity index (χ3v) is 4.72. The monoisotopic (exact) mass is 401 g/mol. The maximum atomic E-state index is 13.4. The third-order valence-electron chi connectivity index (χ3n) is 4.72. The van der Waals surface area contributed by atoms with Crippen LogP contribution in [0.5, 0.6) is 5.88 Å². The van der Waals surface area contributed by atoms with E-state index in [9.17, 15) is 4.39 Å². The zero-order valence-corrected chi connectivity index (χ0v) is 16.0. The van der Waals surface area contributed by atoms with Crippen molar-refractivity contribution in [3.8, 4) is 28.4 Å². The normalized spacial score (nSPS) is 11.1. The second-order valence-electron chi connectivity index (χ2n) is 6.60. The van der Waals surface area contributed by atoms with Crippen molar-refractivity contribution in [2.75, 3.05) is 0 Å². The highest BCUT2D eigenvalue weighted by Crippen LogP contribution is 2.33. The number of hydrogen-bond acceptors (Lipinski definition) is 6. The van der Waals surface area contributed by atoms with E-state index in [0.717, 1.165) is 11.3 Å². The maximum Gasteiger partial charge on any atom is 0.241 e. The number of hydrogen-bond donors (Lipinski definition) is 0. The van der Waals surface area contributed by atoms with Gasteiger partial charge in [0.1, 0.15) is 36.5 Å². The van der Waals surface area contributed by atoms with Crippen LogP contribution in [0.25, 0.3) is 28.2 Å². The Kier molecular flexibility index (Phi) is 4.40. The van der Waals surface area contributed by atoms with Gasteiger partial charge in [-0.15, -0.1) is 10.2 Å². The highest BCUT2D eigenvalue weighted by Gasteiger charge is 2.20. The predicted octanol–water partition coefficient (Wildman–Crippen LogP) is 3.30. The first-order valence-corrected chi connectivity index (χ1v) is 9.21. The molecule has 0 N–H and O–H groups in total. The molecule has 9 heteroatoms. The van der Waals surface area contributed by atoms with Crippen molar-refractivity contribution in [1.82, 2.24) is 34.3 Å². The third kappa shape index (κ3) is 3.16. The quantitative estimate of drug-likeness (QED) is 0.449. The summed E-state index contributed by atoms with van der Waals surface area (Å²) < 4.78 is 22.9. The summed E-state index contributed by atoms with van der Waals surface area (Å²) in [5, 5.41) is 12.4. The van der Waals surface area contributed by atoms with Gasteiger partial charge in [-0.25, -0.2) is 9.37 Å². The molecule has 5 aromatic rings. The molecule has 0 atom stereocenters. The van der Waals surface area contributed by atoms with Crippen molar-refractivity contribution >= 4 is 5.65 Å². The number of aromatic nitrogens is 7. The van der Waals surface area contributed by atoms with Crippen molar-refractivity contribution in [3.63, 3.8) is 0 Å². The van der Waals surface area contributed by atoms with Gasteiger partial charge in [-0.05, 0) is 24.3 Å². The number of aryl methyl sites for hydroxylation is 1. The molecule has 8 nitrogen and oxygen atoms in total. The summed E-state index contributed by atoms with van der Waals surface area (Å²) in [5.74, 6) is 0.767. The molecule has 0 saturated heterocycles. The fourth-order valence-electron chi connectivity index (χ4n) is 3.21. The van der Waals surface area contributed by atoms with Crippen LogP contribution in [0.1, 0.15) is 5.82 Å². The summed E-state index contributed by atoms with van der Waals surface area (Å²) in [6.07, 6.45) is 3.06. The Balaban J connectivity index is 1.66. The lowest BCUT2D eigenvalue weighted by molar-refractivity contribution is 0.281. The predicted molar refractivity (Wildman–Crippen MR) is 107 cm³/mol. The van der Waals surface area contributed by atoms with Gasteiger partial charge in [0, 0.05) is 18.2 Å². The molecule has 148 valence electrons. The number of nitrogens with zero attached hydrogens (tertiary/aromatic N) is 7. The molecule has 30 heavy (non-hydrogen) atoms. The Morgan fingerprint density at radius 1 is 1.00 bits per heavy atom. The van der Waals surface area contributed by atoms with E-state index in [1.807, 2.05) is 34.7 Å². The Labute approximate surface area is 170 Å². The van der Waals surface area contributed by atoms with Gasteiger partial charge in [0.2, 0.25) is 5.88 Å². The first-order valence-electron chi connectivity index (χ1n) is 9.21. The standard InChI is InChI=1S/C21H16FN7O/c1-28-17(23-12-25-28)11-30-21-19(15-5-3-2-4-6-15)29-13-24-27-18(20(29)26-21)14-7-9-16(22)10-8-14/h2-10,12-13H,11H2,1H3. The molecule has 0 aliphatic rings. The van der Waals surface area contributed by atoms with Crippen LogP contribution in [0.2, 0.25) is 0 Å². The van der Waals surface area contributed by atoms with Crippen molar-refractivity contribution in [2.45, 2.75) is 6.61 Å². The summed E-state index contributed by atoms with van der Waals surface area (Å²) in [6, 6.07) is 15.8. The SMILES string of the molecule is Cn1ncnc1COc1nc2c(-c3ccc(F)cc3)nncn2c1-c1ccccc1. The molecule has 2 aromatic carbocycles. The van der Waals surface area contributed by atoms with Crippen LogP contribution in [0.15, 0.2) is 67.3 Å². The molecule has 3 aromatic heterocycles. The summed E-state index contributed by atoms with van der Waals surface area (Å²) in [5.41, 5.74) is 3.45. The van der Waals surface area contributed by atoms with Crippen LogP contribution in [-0.4, -0.2) is 34.3 Å². The minimum atomic E-state index is -0.320. The Bertz CT molecular complexity index is 1310. The molecular weight excluding hydrogens is 385 g/mol. The Morgan fingerprint density at radius 2 is 1.80 bits per heavy atom. The molecule has 0 amide bonds. The molecule has 5 rings (SSSR count). The van der Waals surface area contributed by atoms with E-state index < -0.39 is 0 Å². The zero-order chi connectivity index (χ0) is 20.5. The minimum Gasteiger partial charge on any atom is -0.468 e. The number of benzene rings is 2. The van der Waals surface area contributed by atoms with Gasteiger partial charge in [-0.3, -0.25) is 9.08 Å². The first-order chi connectivity index (χ1) is 14.7. The van der Waals surface area contributed by atoms with Crippen molar-refractivity contribution in [2.24, 2.45) is 7.05 Å². The van der Waals surface area contributed by atoms with E-state index in [-0.39, 0.29) is 12.4 Å². The minimum absolute atomic E-state index is 0.201. The Hall–Kier alpha value is -4.14. The maximum absolute atomic E-state index is 13.4. The summed E-state index contributed by atoms with van der Waals surface area (Å²) in [4.78, 5) is 8.90. The van der Waals surface area contributed by atoms with E-state index >= 15 is 0 Å². The van der Waals surface area contributed by atoms with Crippen LogP contribution in [0.3, 0.4) is 0 Å². The van der Waals surface area contributed by atoms with Gasteiger partial charge in [-0.1, -0.05) is 30.3 Å². The van der Waals surface area contributed by atoms with Gasteiger partial charge in [0.05, 0.1) is 0 Å². The Morgan fingerprint density at radius 3 is 2.53 bits per heavy atom. The molecule has 0 aliphatic carbocycles. The molecule has 0 saturated carbocycles. The first kappa shape index (κ1) is 17.9. The van der Waals surface area contributed by atoms with E-state index in [0.29, 0.717) is 28.6 Å². The lowest BCUT2D eigenvalue weighted by atomic mass is 10.1. The average Bonchev–Trinajstić information content (AvgIpc) is 3.36. The molecular formula is C21H16FN7O. The molecule has 0 radical (unpaired) electrons. The van der Waals surface area contributed by atoms with Crippen LogP contribution in [0, 0.1) is 5.82 Å². The van der Waals surface area contributed by atoms with Crippen LogP contribution >= 0.6 is 0 Å². The largest absolute Gasteiger partial charge is 0.468 e. The van der Waals surface area contributed by atoms with E-state index in [1.165, 1.54) is 18.5 Å². The molecule has 0 bridgehead atoms. The summed E-state index contributed by atoms with van der Waals surface area (Å²) in [6.45, 7) is 0.201. The van der Waals surface area contributed by atoms with Crippen molar-refractivity contribution in [3.05, 3.63) is 78.9 Å². The van der Waals surface area contributed by atoms with Crippen LogP contribution < -0.4 is 4.74 Å². The number of rotatable bonds is 5. The zero-order valence-electron chi connectivity index (χ0n) is 16.0.